The number of aliphatic hydroxyl groups is 1. The van der Waals surface area contributed by atoms with Gasteiger partial charge in [0.25, 0.3) is 0 Å². The van der Waals surface area contributed by atoms with Crippen molar-refractivity contribution in [2.45, 2.75) is 5.79 Å². The highest BCUT2D eigenvalue weighted by molar-refractivity contribution is 5.34. The molecule has 1 aliphatic rings. The summed E-state index contributed by atoms with van der Waals surface area (Å²) in [6, 6.07) is 19.9. The van der Waals surface area contributed by atoms with Crippen LogP contribution in [0.15, 0.2) is 60.7 Å². The van der Waals surface area contributed by atoms with E-state index in [4.69, 9.17) is 9.47 Å². The topological polar surface area (TPSA) is 38.7 Å². The molecule has 3 heteroatoms. The van der Waals surface area contributed by atoms with E-state index in [1.54, 1.807) is 0 Å². The molecule has 3 rings (SSSR count). The maximum absolute atomic E-state index is 9.24. The fourth-order valence-electron chi connectivity index (χ4n) is 2.48. The molecular formula is C17H18O3. The standard InChI is InChI=1S/C17H18O3/c18-11-14-12-19-17(20-13-14,15-7-3-1-4-8-15)16-9-5-2-6-10-16/h1-10,14,18H,11-13H2. The van der Waals surface area contributed by atoms with Gasteiger partial charge in [-0.05, 0) is 0 Å². The van der Waals surface area contributed by atoms with E-state index in [0.29, 0.717) is 13.2 Å². The minimum absolute atomic E-state index is 0.0375. The van der Waals surface area contributed by atoms with Gasteiger partial charge in [-0.25, -0.2) is 0 Å². The lowest BCUT2D eigenvalue weighted by Gasteiger charge is -2.40. The Morgan fingerprint density at radius 3 is 1.70 bits per heavy atom. The van der Waals surface area contributed by atoms with Crippen LogP contribution in [0.1, 0.15) is 11.1 Å². The lowest BCUT2D eigenvalue weighted by molar-refractivity contribution is -0.270. The first-order valence-corrected chi connectivity index (χ1v) is 6.85. The van der Waals surface area contributed by atoms with Crippen molar-refractivity contribution in [3.8, 4) is 0 Å². The first kappa shape index (κ1) is 13.3. The molecule has 0 bridgehead atoms. The highest BCUT2D eigenvalue weighted by Gasteiger charge is 2.40. The second kappa shape index (κ2) is 5.75. The molecule has 0 aromatic heterocycles. The van der Waals surface area contributed by atoms with E-state index >= 15 is 0 Å². The molecule has 0 amide bonds. The summed E-state index contributed by atoms with van der Waals surface area (Å²) in [6.45, 7) is 1.06. The largest absolute Gasteiger partial charge is 0.396 e. The highest BCUT2D eigenvalue weighted by Crippen LogP contribution is 2.38. The Bertz CT molecular complexity index is 489. The molecule has 1 N–H and O–H groups in total. The van der Waals surface area contributed by atoms with E-state index in [-0.39, 0.29) is 12.5 Å². The zero-order chi connectivity index (χ0) is 13.8. The first-order chi connectivity index (χ1) is 9.85. The van der Waals surface area contributed by atoms with Crippen molar-refractivity contribution >= 4 is 0 Å². The van der Waals surface area contributed by atoms with Crippen molar-refractivity contribution in [1.82, 2.24) is 0 Å². The predicted molar refractivity (Wildman–Crippen MR) is 76.1 cm³/mol. The van der Waals surface area contributed by atoms with Gasteiger partial charge in [0.2, 0.25) is 5.79 Å². The number of ether oxygens (including phenoxy) is 2. The summed E-state index contributed by atoms with van der Waals surface area (Å²) in [4.78, 5) is 0. The molecule has 2 aromatic carbocycles. The van der Waals surface area contributed by atoms with E-state index in [2.05, 4.69) is 0 Å². The van der Waals surface area contributed by atoms with Crippen molar-refractivity contribution in [3.63, 3.8) is 0 Å². The number of aliphatic hydroxyl groups excluding tert-OH is 1. The van der Waals surface area contributed by atoms with Crippen molar-refractivity contribution in [2.75, 3.05) is 19.8 Å². The van der Waals surface area contributed by atoms with Crippen LogP contribution >= 0.6 is 0 Å². The SMILES string of the molecule is OCC1COC(c2ccccc2)(c2ccccc2)OC1. The van der Waals surface area contributed by atoms with Gasteiger partial charge in [-0.15, -0.1) is 0 Å². The van der Waals surface area contributed by atoms with E-state index in [9.17, 15) is 5.11 Å². The molecule has 104 valence electrons. The molecule has 1 heterocycles. The molecular weight excluding hydrogens is 252 g/mol. The molecule has 20 heavy (non-hydrogen) atoms. The summed E-state index contributed by atoms with van der Waals surface area (Å²) in [5.74, 6) is -0.829. The van der Waals surface area contributed by atoms with Crippen LogP contribution in [0, 0.1) is 5.92 Å². The zero-order valence-corrected chi connectivity index (χ0v) is 11.2. The van der Waals surface area contributed by atoms with Crippen molar-refractivity contribution in [3.05, 3.63) is 71.8 Å². The summed E-state index contributed by atoms with van der Waals surface area (Å²) in [7, 11) is 0. The van der Waals surface area contributed by atoms with Crippen LogP contribution in [-0.2, 0) is 15.3 Å². The van der Waals surface area contributed by atoms with Crippen LogP contribution in [0.4, 0.5) is 0 Å². The van der Waals surface area contributed by atoms with E-state index in [0.717, 1.165) is 11.1 Å². The lowest BCUT2D eigenvalue weighted by Crippen LogP contribution is -2.43. The van der Waals surface area contributed by atoms with Gasteiger partial charge in [-0.1, -0.05) is 60.7 Å². The molecule has 0 atom stereocenters. The number of hydrogen-bond acceptors (Lipinski definition) is 3. The van der Waals surface area contributed by atoms with Gasteiger partial charge in [-0.3, -0.25) is 0 Å². The summed E-state index contributed by atoms with van der Waals surface area (Å²) in [5.41, 5.74) is 1.95. The third-order valence-corrected chi connectivity index (χ3v) is 3.61. The lowest BCUT2D eigenvalue weighted by atomic mass is 9.95. The van der Waals surface area contributed by atoms with Crippen LogP contribution in [0.2, 0.25) is 0 Å². The third-order valence-electron chi connectivity index (χ3n) is 3.61. The van der Waals surface area contributed by atoms with Crippen LogP contribution in [0.5, 0.6) is 0 Å². The van der Waals surface area contributed by atoms with Gasteiger partial charge < -0.3 is 14.6 Å². The number of rotatable bonds is 3. The first-order valence-electron chi connectivity index (χ1n) is 6.85. The predicted octanol–water partition coefficient (Wildman–Crippen LogP) is 2.54. The average molecular weight is 270 g/mol. The van der Waals surface area contributed by atoms with Crippen molar-refractivity contribution in [1.29, 1.82) is 0 Å². The summed E-state index contributed by atoms with van der Waals surface area (Å²) in [5, 5.41) is 9.24. The quantitative estimate of drug-likeness (QED) is 0.931. The Balaban J connectivity index is 2.01. The average Bonchev–Trinajstić information content (AvgIpc) is 2.56. The maximum Gasteiger partial charge on any atom is 0.222 e. The number of benzene rings is 2. The molecule has 3 nitrogen and oxygen atoms in total. The normalized spacial score (nSPS) is 18.9. The molecule has 0 aliphatic carbocycles. The summed E-state index contributed by atoms with van der Waals surface area (Å²) in [6.07, 6.45) is 0. The van der Waals surface area contributed by atoms with Gasteiger partial charge in [0, 0.05) is 17.0 Å². The van der Waals surface area contributed by atoms with Crippen LogP contribution < -0.4 is 0 Å². The second-order valence-electron chi connectivity index (χ2n) is 5.02. The molecule has 2 aromatic rings. The zero-order valence-electron chi connectivity index (χ0n) is 11.2. The fraction of sp³-hybridized carbons (Fsp3) is 0.294. The Morgan fingerprint density at radius 2 is 1.30 bits per heavy atom. The second-order valence-corrected chi connectivity index (χ2v) is 5.02. The van der Waals surface area contributed by atoms with Gasteiger partial charge in [0.15, 0.2) is 0 Å². The maximum atomic E-state index is 9.24. The fourth-order valence-corrected chi connectivity index (χ4v) is 2.48. The van der Waals surface area contributed by atoms with E-state index in [1.807, 2.05) is 60.7 Å². The van der Waals surface area contributed by atoms with Crippen LogP contribution in [0.25, 0.3) is 0 Å². The minimum atomic E-state index is -0.867. The number of hydrogen-bond donors (Lipinski definition) is 1. The van der Waals surface area contributed by atoms with Gasteiger partial charge in [0.05, 0.1) is 19.8 Å². The van der Waals surface area contributed by atoms with E-state index < -0.39 is 5.79 Å². The summed E-state index contributed by atoms with van der Waals surface area (Å²) >= 11 is 0. The Morgan fingerprint density at radius 1 is 0.850 bits per heavy atom. The molecule has 1 aliphatic heterocycles. The Labute approximate surface area is 118 Å². The van der Waals surface area contributed by atoms with Crippen LogP contribution in [0.3, 0.4) is 0 Å². The third kappa shape index (κ3) is 2.36. The van der Waals surface area contributed by atoms with Gasteiger partial charge in [-0.2, -0.15) is 0 Å². The molecule has 0 saturated carbocycles. The Kier molecular flexibility index (Phi) is 3.83. The monoisotopic (exact) mass is 270 g/mol. The molecule has 0 radical (unpaired) electrons. The smallest absolute Gasteiger partial charge is 0.222 e. The van der Waals surface area contributed by atoms with Crippen LogP contribution in [-0.4, -0.2) is 24.9 Å². The van der Waals surface area contributed by atoms with Crippen molar-refractivity contribution < 1.29 is 14.6 Å². The van der Waals surface area contributed by atoms with E-state index in [1.165, 1.54) is 0 Å². The molecule has 1 saturated heterocycles. The summed E-state index contributed by atoms with van der Waals surface area (Å²) < 4.78 is 12.1. The molecule has 0 unspecified atom stereocenters. The molecule has 0 spiro atoms. The molecule has 1 fully saturated rings. The Hall–Kier alpha value is -1.68. The van der Waals surface area contributed by atoms with Crippen molar-refractivity contribution in [2.24, 2.45) is 5.92 Å². The minimum Gasteiger partial charge on any atom is -0.396 e. The highest BCUT2D eigenvalue weighted by atomic mass is 16.7. The van der Waals surface area contributed by atoms with Gasteiger partial charge in [0.1, 0.15) is 0 Å². The van der Waals surface area contributed by atoms with Gasteiger partial charge >= 0.3 is 0 Å².